The number of halogens is 1. The Morgan fingerprint density at radius 2 is 1.60 bits per heavy atom. The standard InChI is InChI=1S/C19H22BrNO4/c1-12-8-17(24-4)18(25-5)10-14(12)11-21(2)19(22)13-6-7-16(23-3)15(20)9-13/h6-10H,11H2,1-5H3. The van der Waals surface area contributed by atoms with Gasteiger partial charge in [-0.2, -0.15) is 0 Å². The molecule has 0 spiro atoms. The fraction of sp³-hybridized carbons (Fsp3) is 0.316. The summed E-state index contributed by atoms with van der Waals surface area (Å²) in [5.74, 6) is 1.94. The number of ether oxygens (including phenoxy) is 3. The van der Waals surface area contributed by atoms with Crippen LogP contribution < -0.4 is 14.2 Å². The average molecular weight is 408 g/mol. The van der Waals surface area contributed by atoms with Crippen molar-refractivity contribution in [2.45, 2.75) is 13.5 Å². The third kappa shape index (κ3) is 4.25. The highest BCUT2D eigenvalue weighted by Gasteiger charge is 2.16. The van der Waals surface area contributed by atoms with Crippen LogP contribution in [0.4, 0.5) is 0 Å². The van der Waals surface area contributed by atoms with Crippen molar-refractivity contribution in [1.29, 1.82) is 0 Å². The summed E-state index contributed by atoms with van der Waals surface area (Å²) in [4.78, 5) is 14.4. The lowest BCUT2D eigenvalue weighted by Crippen LogP contribution is -2.26. The van der Waals surface area contributed by atoms with Gasteiger partial charge in [-0.15, -0.1) is 0 Å². The number of amides is 1. The highest BCUT2D eigenvalue weighted by atomic mass is 79.9. The number of carbonyl (C=O) groups is 1. The zero-order valence-corrected chi connectivity index (χ0v) is 16.6. The minimum absolute atomic E-state index is 0.0717. The molecule has 0 aliphatic carbocycles. The van der Waals surface area contributed by atoms with Crippen molar-refractivity contribution in [3.8, 4) is 17.2 Å². The second kappa shape index (κ2) is 8.25. The van der Waals surface area contributed by atoms with Crippen molar-refractivity contribution >= 4 is 21.8 Å². The Balaban J connectivity index is 2.23. The van der Waals surface area contributed by atoms with E-state index in [0.717, 1.165) is 15.6 Å². The van der Waals surface area contributed by atoms with Crippen molar-refractivity contribution in [3.63, 3.8) is 0 Å². The normalized spacial score (nSPS) is 10.3. The summed E-state index contributed by atoms with van der Waals surface area (Å²) in [7, 11) is 6.57. The van der Waals surface area contributed by atoms with E-state index in [2.05, 4.69) is 15.9 Å². The van der Waals surface area contributed by atoms with Gasteiger partial charge >= 0.3 is 0 Å². The first-order chi connectivity index (χ1) is 11.9. The van der Waals surface area contributed by atoms with Crippen molar-refractivity contribution in [1.82, 2.24) is 4.90 Å². The van der Waals surface area contributed by atoms with Crippen LogP contribution >= 0.6 is 15.9 Å². The number of methoxy groups -OCH3 is 3. The molecule has 5 nitrogen and oxygen atoms in total. The van der Waals surface area contributed by atoms with Gasteiger partial charge in [0.05, 0.1) is 25.8 Å². The Labute approximate surface area is 156 Å². The lowest BCUT2D eigenvalue weighted by molar-refractivity contribution is 0.0784. The second-order valence-corrected chi connectivity index (χ2v) is 6.50. The molecule has 0 aromatic heterocycles. The molecule has 0 radical (unpaired) electrons. The van der Waals surface area contributed by atoms with Gasteiger partial charge in [-0.3, -0.25) is 4.79 Å². The van der Waals surface area contributed by atoms with Crippen molar-refractivity contribution in [3.05, 3.63) is 51.5 Å². The van der Waals surface area contributed by atoms with Crippen LogP contribution in [-0.4, -0.2) is 39.2 Å². The molecule has 2 aromatic rings. The maximum absolute atomic E-state index is 12.7. The fourth-order valence-corrected chi connectivity index (χ4v) is 3.08. The van der Waals surface area contributed by atoms with E-state index in [4.69, 9.17) is 14.2 Å². The van der Waals surface area contributed by atoms with Crippen LogP contribution in [0, 0.1) is 6.92 Å². The lowest BCUT2D eigenvalue weighted by Gasteiger charge is -2.20. The summed E-state index contributed by atoms with van der Waals surface area (Å²) in [6.07, 6.45) is 0. The van der Waals surface area contributed by atoms with Crippen LogP contribution in [0.15, 0.2) is 34.8 Å². The molecule has 2 aromatic carbocycles. The number of hydrogen-bond acceptors (Lipinski definition) is 4. The first kappa shape index (κ1) is 19.1. The van der Waals surface area contributed by atoms with Gasteiger partial charge in [0, 0.05) is 19.2 Å². The first-order valence-electron chi connectivity index (χ1n) is 7.71. The summed E-state index contributed by atoms with van der Waals surface area (Å²) in [5.41, 5.74) is 2.63. The van der Waals surface area contributed by atoms with Crippen LogP contribution in [0.1, 0.15) is 21.5 Å². The predicted octanol–water partition coefficient (Wildman–Crippen LogP) is 4.06. The molecule has 1 amide bonds. The Bertz CT molecular complexity index is 776. The van der Waals surface area contributed by atoms with Crippen molar-refractivity contribution < 1.29 is 19.0 Å². The molecular formula is C19H22BrNO4. The van der Waals surface area contributed by atoms with E-state index >= 15 is 0 Å². The Hall–Kier alpha value is -2.21. The van der Waals surface area contributed by atoms with E-state index in [1.807, 2.05) is 19.1 Å². The van der Waals surface area contributed by atoms with Gasteiger partial charge in [-0.25, -0.2) is 0 Å². The molecule has 0 aliphatic rings. The van der Waals surface area contributed by atoms with Crippen LogP contribution in [0.3, 0.4) is 0 Å². The SMILES string of the molecule is COc1ccc(C(=O)N(C)Cc2cc(OC)c(OC)cc2C)cc1Br. The van der Waals surface area contributed by atoms with Gasteiger partial charge < -0.3 is 19.1 Å². The molecule has 0 saturated heterocycles. The Morgan fingerprint density at radius 1 is 1.00 bits per heavy atom. The largest absolute Gasteiger partial charge is 0.496 e. The highest BCUT2D eigenvalue weighted by Crippen LogP contribution is 2.31. The third-order valence-electron chi connectivity index (χ3n) is 4.00. The lowest BCUT2D eigenvalue weighted by atomic mass is 10.1. The quantitative estimate of drug-likeness (QED) is 0.724. The zero-order chi connectivity index (χ0) is 18.6. The number of aryl methyl sites for hydroxylation is 1. The van der Waals surface area contributed by atoms with E-state index in [1.54, 1.807) is 51.5 Å². The number of benzene rings is 2. The Morgan fingerprint density at radius 3 is 2.16 bits per heavy atom. The van der Waals surface area contributed by atoms with Crippen molar-refractivity contribution in [2.24, 2.45) is 0 Å². The minimum atomic E-state index is -0.0717. The molecule has 0 fully saturated rings. The van der Waals surface area contributed by atoms with Gasteiger partial charge in [-0.1, -0.05) is 0 Å². The third-order valence-corrected chi connectivity index (χ3v) is 4.61. The van der Waals surface area contributed by atoms with Crippen LogP contribution in [-0.2, 0) is 6.54 Å². The summed E-state index contributed by atoms with van der Waals surface area (Å²) < 4.78 is 16.6. The molecule has 134 valence electrons. The first-order valence-corrected chi connectivity index (χ1v) is 8.51. The Kier molecular flexibility index (Phi) is 6.31. The second-order valence-electron chi connectivity index (χ2n) is 5.64. The summed E-state index contributed by atoms with van der Waals surface area (Å²) in [6.45, 7) is 2.45. The number of rotatable bonds is 6. The molecule has 0 atom stereocenters. The van der Waals surface area contributed by atoms with E-state index in [1.165, 1.54) is 0 Å². The highest BCUT2D eigenvalue weighted by molar-refractivity contribution is 9.10. The van der Waals surface area contributed by atoms with Crippen LogP contribution in [0.25, 0.3) is 0 Å². The van der Waals surface area contributed by atoms with Gasteiger partial charge in [0.15, 0.2) is 11.5 Å². The van der Waals surface area contributed by atoms with Crippen LogP contribution in [0.5, 0.6) is 17.2 Å². The van der Waals surface area contributed by atoms with Crippen molar-refractivity contribution in [2.75, 3.05) is 28.4 Å². The van der Waals surface area contributed by atoms with Gasteiger partial charge in [0.2, 0.25) is 0 Å². The molecule has 0 unspecified atom stereocenters. The molecular weight excluding hydrogens is 386 g/mol. The molecule has 0 heterocycles. The minimum Gasteiger partial charge on any atom is -0.496 e. The van der Waals surface area contributed by atoms with Gasteiger partial charge in [0.1, 0.15) is 5.75 Å². The van der Waals surface area contributed by atoms with Gasteiger partial charge in [-0.05, 0) is 64.3 Å². The zero-order valence-electron chi connectivity index (χ0n) is 15.1. The molecule has 6 heteroatoms. The molecule has 0 N–H and O–H groups in total. The summed E-state index contributed by atoms with van der Waals surface area (Å²) >= 11 is 3.41. The smallest absolute Gasteiger partial charge is 0.253 e. The molecule has 2 rings (SSSR count). The van der Waals surface area contributed by atoms with Gasteiger partial charge in [0.25, 0.3) is 5.91 Å². The molecule has 25 heavy (non-hydrogen) atoms. The molecule has 0 aliphatic heterocycles. The van der Waals surface area contributed by atoms with E-state index in [-0.39, 0.29) is 5.91 Å². The topological polar surface area (TPSA) is 48.0 Å². The summed E-state index contributed by atoms with van der Waals surface area (Å²) in [6, 6.07) is 9.11. The van der Waals surface area contributed by atoms with E-state index in [0.29, 0.717) is 29.4 Å². The molecule has 0 bridgehead atoms. The van der Waals surface area contributed by atoms with Crippen LogP contribution in [0.2, 0.25) is 0 Å². The maximum atomic E-state index is 12.7. The van der Waals surface area contributed by atoms with E-state index < -0.39 is 0 Å². The van der Waals surface area contributed by atoms with E-state index in [9.17, 15) is 4.79 Å². The summed E-state index contributed by atoms with van der Waals surface area (Å²) in [5, 5.41) is 0. The number of carbonyl (C=O) groups excluding carboxylic acids is 1. The fourth-order valence-electron chi connectivity index (χ4n) is 2.54. The molecule has 0 saturated carbocycles. The number of nitrogens with zero attached hydrogens (tertiary/aromatic N) is 1. The average Bonchev–Trinajstić information content (AvgIpc) is 2.62. The monoisotopic (exact) mass is 407 g/mol. The number of hydrogen-bond donors (Lipinski definition) is 0. The maximum Gasteiger partial charge on any atom is 0.253 e. The predicted molar refractivity (Wildman–Crippen MR) is 101 cm³/mol.